The first-order valence-electron chi connectivity index (χ1n) is 9.77. The van der Waals surface area contributed by atoms with Crippen LogP contribution in [0.4, 0.5) is 0 Å². The molecule has 2 saturated heterocycles. The Morgan fingerprint density at radius 3 is 2.64 bits per heavy atom. The smallest absolute Gasteiger partial charge is 0.274 e. The number of fused-ring (bicyclic) bond motifs is 1. The fourth-order valence-electron chi connectivity index (χ4n) is 4.50. The minimum Gasteiger partial charge on any atom is -0.342 e. The van der Waals surface area contributed by atoms with E-state index < -0.39 is 0 Å². The van der Waals surface area contributed by atoms with Gasteiger partial charge in [0, 0.05) is 37.4 Å². The molecule has 0 saturated carbocycles. The standard InChI is InChI=1S/C19H28N4O2/c1-13-7-10-22(11-8-13)18(24)14-4-3-9-23(12-14)19(25)17-15-5-2-6-16(15)20-21-17/h13-14H,2-12H2,1H3,(H,20,21). The van der Waals surface area contributed by atoms with Gasteiger partial charge in [-0.3, -0.25) is 14.7 Å². The van der Waals surface area contributed by atoms with E-state index in [1.807, 2.05) is 9.80 Å². The van der Waals surface area contributed by atoms with Crippen molar-refractivity contribution in [2.24, 2.45) is 11.8 Å². The number of amides is 2. The summed E-state index contributed by atoms with van der Waals surface area (Å²) in [6.07, 6.45) is 7.02. The highest BCUT2D eigenvalue weighted by Gasteiger charge is 2.34. The Balaban J connectivity index is 1.42. The van der Waals surface area contributed by atoms with Crippen LogP contribution in [0.2, 0.25) is 0 Å². The number of aryl methyl sites for hydroxylation is 1. The van der Waals surface area contributed by atoms with Crippen LogP contribution in [0.1, 0.15) is 60.8 Å². The number of nitrogens with zero attached hydrogens (tertiary/aromatic N) is 3. The molecule has 6 heteroatoms. The van der Waals surface area contributed by atoms with Crippen molar-refractivity contribution in [3.8, 4) is 0 Å². The van der Waals surface area contributed by atoms with Crippen molar-refractivity contribution in [3.63, 3.8) is 0 Å². The van der Waals surface area contributed by atoms with E-state index in [0.29, 0.717) is 12.2 Å². The van der Waals surface area contributed by atoms with Crippen LogP contribution < -0.4 is 0 Å². The van der Waals surface area contributed by atoms with Gasteiger partial charge in [-0.2, -0.15) is 5.10 Å². The van der Waals surface area contributed by atoms with Gasteiger partial charge >= 0.3 is 0 Å². The van der Waals surface area contributed by atoms with Gasteiger partial charge in [-0.05, 0) is 50.9 Å². The van der Waals surface area contributed by atoms with Crippen molar-refractivity contribution in [2.75, 3.05) is 26.2 Å². The highest BCUT2D eigenvalue weighted by molar-refractivity contribution is 5.94. The summed E-state index contributed by atoms with van der Waals surface area (Å²) < 4.78 is 0. The van der Waals surface area contributed by atoms with Crippen molar-refractivity contribution in [3.05, 3.63) is 17.0 Å². The first-order chi connectivity index (χ1) is 12.1. The van der Waals surface area contributed by atoms with Gasteiger partial charge in [-0.1, -0.05) is 6.92 Å². The lowest BCUT2D eigenvalue weighted by atomic mass is 9.93. The Bertz CT molecular complexity index is 660. The fraction of sp³-hybridized carbons (Fsp3) is 0.737. The van der Waals surface area contributed by atoms with Gasteiger partial charge in [-0.15, -0.1) is 0 Å². The lowest BCUT2D eigenvalue weighted by Gasteiger charge is -2.37. The third-order valence-corrected chi connectivity index (χ3v) is 6.16. The molecular weight excluding hydrogens is 316 g/mol. The van der Waals surface area contributed by atoms with Crippen molar-refractivity contribution in [2.45, 2.75) is 51.9 Å². The number of carbonyl (C=O) groups is 2. The Morgan fingerprint density at radius 2 is 1.84 bits per heavy atom. The van der Waals surface area contributed by atoms with Crippen LogP contribution in [0.3, 0.4) is 0 Å². The maximum atomic E-state index is 12.9. The van der Waals surface area contributed by atoms with E-state index >= 15 is 0 Å². The molecule has 4 rings (SSSR count). The van der Waals surface area contributed by atoms with E-state index in [1.165, 1.54) is 0 Å². The van der Waals surface area contributed by atoms with E-state index in [0.717, 1.165) is 81.8 Å². The van der Waals surface area contributed by atoms with Gasteiger partial charge in [0.2, 0.25) is 5.91 Å². The largest absolute Gasteiger partial charge is 0.342 e. The molecule has 0 spiro atoms. The zero-order valence-corrected chi connectivity index (χ0v) is 15.1. The molecule has 25 heavy (non-hydrogen) atoms. The Kier molecular flexibility index (Phi) is 4.52. The molecule has 2 fully saturated rings. The molecule has 0 aromatic carbocycles. The number of likely N-dealkylation sites (tertiary alicyclic amines) is 2. The molecule has 0 bridgehead atoms. The molecule has 1 N–H and O–H groups in total. The molecule has 3 aliphatic rings. The second-order valence-electron chi connectivity index (χ2n) is 7.98. The quantitative estimate of drug-likeness (QED) is 0.892. The Labute approximate surface area is 148 Å². The van der Waals surface area contributed by atoms with Gasteiger partial charge in [0.25, 0.3) is 5.91 Å². The van der Waals surface area contributed by atoms with Crippen molar-refractivity contribution in [1.82, 2.24) is 20.0 Å². The summed E-state index contributed by atoms with van der Waals surface area (Å²) in [6.45, 7) is 5.28. The number of nitrogens with one attached hydrogen (secondary N) is 1. The van der Waals surface area contributed by atoms with Crippen molar-refractivity contribution in [1.29, 1.82) is 0 Å². The molecule has 136 valence electrons. The molecular formula is C19H28N4O2. The summed E-state index contributed by atoms with van der Waals surface area (Å²) in [7, 11) is 0. The molecule has 1 atom stereocenters. The molecule has 3 heterocycles. The summed E-state index contributed by atoms with van der Waals surface area (Å²) in [5, 5.41) is 7.29. The average Bonchev–Trinajstić information content (AvgIpc) is 3.25. The monoisotopic (exact) mass is 344 g/mol. The molecule has 1 aromatic rings. The van der Waals surface area contributed by atoms with Crippen LogP contribution >= 0.6 is 0 Å². The maximum absolute atomic E-state index is 12.9. The number of carbonyl (C=O) groups excluding carboxylic acids is 2. The number of aromatic amines is 1. The van der Waals surface area contributed by atoms with E-state index in [1.54, 1.807) is 0 Å². The summed E-state index contributed by atoms with van der Waals surface area (Å²) >= 11 is 0. The minimum absolute atomic E-state index is 0.00386. The third-order valence-electron chi connectivity index (χ3n) is 6.16. The fourth-order valence-corrected chi connectivity index (χ4v) is 4.50. The average molecular weight is 344 g/mol. The molecule has 2 aliphatic heterocycles. The first kappa shape index (κ1) is 16.6. The van der Waals surface area contributed by atoms with Crippen LogP contribution in [0, 0.1) is 11.8 Å². The summed E-state index contributed by atoms with van der Waals surface area (Å²) in [4.78, 5) is 29.7. The van der Waals surface area contributed by atoms with Gasteiger partial charge in [0.1, 0.15) is 0 Å². The molecule has 2 amide bonds. The lowest BCUT2D eigenvalue weighted by Crippen LogP contribution is -2.48. The highest BCUT2D eigenvalue weighted by Crippen LogP contribution is 2.27. The van der Waals surface area contributed by atoms with Crippen LogP contribution in [0.15, 0.2) is 0 Å². The second-order valence-corrected chi connectivity index (χ2v) is 7.98. The van der Waals surface area contributed by atoms with Crippen LogP contribution in [0.5, 0.6) is 0 Å². The molecule has 1 aliphatic carbocycles. The SMILES string of the molecule is CC1CCN(C(=O)C2CCCN(C(=O)c3n[nH]c4c3CCC4)C2)CC1. The van der Waals surface area contributed by atoms with E-state index in [2.05, 4.69) is 17.1 Å². The van der Waals surface area contributed by atoms with E-state index in [4.69, 9.17) is 0 Å². The summed E-state index contributed by atoms with van der Waals surface area (Å²) in [5.41, 5.74) is 2.81. The molecule has 0 radical (unpaired) electrons. The highest BCUT2D eigenvalue weighted by atomic mass is 16.2. The maximum Gasteiger partial charge on any atom is 0.274 e. The molecule has 1 aromatic heterocycles. The zero-order valence-electron chi connectivity index (χ0n) is 15.1. The lowest BCUT2D eigenvalue weighted by molar-refractivity contribution is -0.138. The van der Waals surface area contributed by atoms with Crippen LogP contribution in [-0.4, -0.2) is 58.0 Å². The van der Waals surface area contributed by atoms with E-state index in [-0.39, 0.29) is 17.7 Å². The predicted octanol–water partition coefficient (Wildman–Crippen LogP) is 2.01. The Morgan fingerprint density at radius 1 is 1.04 bits per heavy atom. The predicted molar refractivity (Wildman–Crippen MR) is 94.2 cm³/mol. The van der Waals surface area contributed by atoms with Gasteiger partial charge in [-0.25, -0.2) is 0 Å². The summed E-state index contributed by atoms with van der Waals surface area (Å²) in [5.74, 6) is 0.925. The van der Waals surface area contributed by atoms with Gasteiger partial charge in [0.05, 0.1) is 5.92 Å². The van der Waals surface area contributed by atoms with E-state index in [9.17, 15) is 9.59 Å². The third kappa shape index (κ3) is 3.18. The van der Waals surface area contributed by atoms with Gasteiger partial charge < -0.3 is 9.80 Å². The number of H-pyrrole nitrogens is 1. The first-order valence-corrected chi connectivity index (χ1v) is 9.77. The number of hydrogen-bond donors (Lipinski definition) is 1. The minimum atomic E-state index is -0.0434. The molecule has 6 nitrogen and oxygen atoms in total. The number of hydrogen-bond acceptors (Lipinski definition) is 3. The van der Waals surface area contributed by atoms with Crippen molar-refractivity contribution >= 4 is 11.8 Å². The second kappa shape index (κ2) is 6.81. The normalized spacial score (nSPS) is 24.4. The Hall–Kier alpha value is -1.85. The number of piperidine rings is 2. The number of rotatable bonds is 2. The van der Waals surface area contributed by atoms with Crippen LogP contribution in [0.25, 0.3) is 0 Å². The van der Waals surface area contributed by atoms with Crippen molar-refractivity contribution < 1.29 is 9.59 Å². The number of aromatic nitrogens is 2. The summed E-state index contributed by atoms with van der Waals surface area (Å²) in [6, 6.07) is 0. The molecule has 1 unspecified atom stereocenters. The topological polar surface area (TPSA) is 69.3 Å². The van der Waals surface area contributed by atoms with Crippen LogP contribution in [-0.2, 0) is 17.6 Å². The zero-order chi connectivity index (χ0) is 17.4. The van der Waals surface area contributed by atoms with Gasteiger partial charge in [0.15, 0.2) is 5.69 Å².